The smallest absolute Gasteiger partial charge is 0.315 e. The molecular formula is C33H34N2O2S2. The van der Waals surface area contributed by atoms with E-state index in [-0.39, 0.29) is 10.7 Å². The van der Waals surface area contributed by atoms with E-state index in [2.05, 4.69) is 80.9 Å². The van der Waals surface area contributed by atoms with Crippen LogP contribution in [0.4, 0.5) is 0 Å². The van der Waals surface area contributed by atoms with Gasteiger partial charge in [0, 0.05) is 43.6 Å². The number of carbonyl (C=O) groups is 1. The summed E-state index contributed by atoms with van der Waals surface area (Å²) in [4.78, 5) is 20.6. The van der Waals surface area contributed by atoms with Gasteiger partial charge in [0.25, 0.3) is 0 Å². The number of para-hydroxylation sites is 1. The molecule has 3 aromatic carbocycles. The lowest BCUT2D eigenvalue weighted by atomic mass is 9.96. The van der Waals surface area contributed by atoms with Crippen LogP contribution in [0.2, 0.25) is 0 Å². The predicted molar refractivity (Wildman–Crippen MR) is 164 cm³/mol. The third kappa shape index (κ3) is 6.18. The maximum Gasteiger partial charge on any atom is 0.315 e. The van der Waals surface area contributed by atoms with E-state index < -0.39 is 5.92 Å². The van der Waals surface area contributed by atoms with Crippen LogP contribution in [0.15, 0.2) is 99.7 Å². The van der Waals surface area contributed by atoms with Gasteiger partial charge in [0.2, 0.25) is 0 Å². The van der Waals surface area contributed by atoms with Gasteiger partial charge in [-0.2, -0.15) is 0 Å². The van der Waals surface area contributed by atoms with Gasteiger partial charge in [0.05, 0.1) is 12.1 Å². The van der Waals surface area contributed by atoms with Crippen molar-refractivity contribution >= 4 is 51.3 Å². The molecule has 6 heteroatoms. The zero-order chi connectivity index (χ0) is 27.6. The topological polar surface area (TPSA) is 44.1 Å². The van der Waals surface area contributed by atoms with Gasteiger partial charge in [-0.25, -0.2) is 4.98 Å². The first-order valence-electron chi connectivity index (χ1n) is 13.3. The molecule has 0 radical (unpaired) electrons. The Morgan fingerprint density at radius 2 is 1.72 bits per heavy atom. The average Bonchev–Trinajstić information content (AvgIpc) is 3.17. The number of esters is 1. The third-order valence-electron chi connectivity index (χ3n) is 6.56. The van der Waals surface area contributed by atoms with E-state index in [0.29, 0.717) is 13.0 Å². The molecule has 1 atom stereocenters. The predicted octanol–water partition coefficient (Wildman–Crippen LogP) is 8.66. The first kappa shape index (κ1) is 27.4. The maximum atomic E-state index is 13.5. The fourth-order valence-corrected chi connectivity index (χ4v) is 6.99. The van der Waals surface area contributed by atoms with Crippen LogP contribution >= 0.6 is 23.5 Å². The first-order chi connectivity index (χ1) is 18.7. The highest BCUT2D eigenvalue weighted by Gasteiger charge is 2.32. The third-order valence-corrected chi connectivity index (χ3v) is 8.73. The zero-order valence-corrected chi connectivity index (χ0v) is 24.7. The number of thioether (sulfide) groups is 1. The van der Waals surface area contributed by atoms with Crippen molar-refractivity contribution in [3.05, 3.63) is 96.2 Å². The van der Waals surface area contributed by atoms with Crippen molar-refractivity contribution in [1.29, 1.82) is 0 Å². The number of hydrogen-bond acceptors (Lipinski definition) is 5. The Hall–Kier alpha value is -3.22. The second kappa shape index (κ2) is 11.5. The van der Waals surface area contributed by atoms with E-state index in [0.717, 1.165) is 47.9 Å². The Morgan fingerprint density at radius 3 is 2.46 bits per heavy atom. The molecule has 0 bridgehead atoms. The standard InChI is InChI=1S/C33H34N2O2S2/c1-6-37-32(36)26(20-22-12-8-7-9-13-22)30-31(39-33(2,3)4)25-21-24(17-18-28(25)35(30)5)38-29-19-16-23-14-10-11-15-27(23)34-29/h7-19,21,26H,6,20H2,1-5H3. The highest BCUT2D eigenvalue weighted by Crippen LogP contribution is 2.45. The number of pyridine rings is 1. The normalized spacial score (nSPS) is 12.6. The van der Waals surface area contributed by atoms with Gasteiger partial charge in [-0.05, 0) is 49.2 Å². The molecule has 5 aromatic rings. The highest BCUT2D eigenvalue weighted by atomic mass is 32.2. The number of carbonyl (C=O) groups excluding carboxylic acids is 1. The van der Waals surface area contributed by atoms with Crippen molar-refractivity contribution in [2.24, 2.45) is 7.05 Å². The van der Waals surface area contributed by atoms with E-state index in [4.69, 9.17) is 9.72 Å². The summed E-state index contributed by atoms with van der Waals surface area (Å²) in [6, 6.07) is 29.2. The molecule has 0 aliphatic heterocycles. The highest BCUT2D eigenvalue weighted by molar-refractivity contribution is 8.01. The largest absolute Gasteiger partial charge is 0.465 e. The van der Waals surface area contributed by atoms with E-state index >= 15 is 0 Å². The number of rotatable bonds is 8. The molecule has 0 N–H and O–H groups in total. The Labute approximate surface area is 239 Å². The summed E-state index contributed by atoms with van der Waals surface area (Å²) in [7, 11) is 2.07. The molecule has 0 spiro atoms. The molecule has 4 nitrogen and oxygen atoms in total. The second-order valence-electron chi connectivity index (χ2n) is 10.6. The van der Waals surface area contributed by atoms with Crippen molar-refractivity contribution < 1.29 is 9.53 Å². The number of ether oxygens (including phenoxy) is 1. The Balaban J connectivity index is 1.62. The molecule has 2 heterocycles. The average molecular weight is 555 g/mol. The van der Waals surface area contributed by atoms with Crippen LogP contribution < -0.4 is 0 Å². The van der Waals surface area contributed by atoms with Gasteiger partial charge in [-0.3, -0.25) is 4.79 Å². The van der Waals surface area contributed by atoms with Crippen LogP contribution in [-0.2, 0) is 23.0 Å². The monoisotopic (exact) mass is 554 g/mol. The van der Waals surface area contributed by atoms with Gasteiger partial charge < -0.3 is 9.30 Å². The lowest BCUT2D eigenvalue weighted by Gasteiger charge is -2.23. The maximum absolute atomic E-state index is 13.5. The zero-order valence-electron chi connectivity index (χ0n) is 23.1. The molecule has 200 valence electrons. The van der Waals surface area contributed by atoms with Crippen molar-refractivity contribution in [3.63, 3.8) is 0 Å². The Bertz CT molecular complexity index is 1620. The molecule has 2 aromatic heterocycles. The SMILES string of the molecule is CCOC(=O)C(Cc1ccccc1)c1c(SC(C)(C)C)c2cc(Sc3ccc4ccccc4n3)ccc2n1C. The number of aryl methyl sites for hydroxylation is 1. The number of benzene rings is 3. The fourth-order valence-electron chi connectivity index (χ4n) is 4.89. The van der Waals surface area contributed by atoms with Crippen LogP contribution in [0.5, 0.6) is 0 Å². The molecule has 5 rings (SSSR count). The molecule has 0 amide bonds. The number of aromatic nitrogens is 2. The van der Waals surface area contributed by atoms with Crippen molar-refractivity contribution in [2.75, 3.05) is 6.61 Å². The fraction of sp³-hybridized carbons (Fsp3) is 0.273. The summed E-state index contributed by atoms with van der Waals surface area (Å²) < 4.78 is 7.78. The summed E-state index contributed by atoms with van der Waals surface area (Å²) in [6.45, 7) is 8.88. The van der Waals surface area contributed by atoms with Crippen molar-refractivity contribution in [1.82, 2.24) is 9.55 Å². The minimum atomic E-state index is -0.409. The van der Waals surface area contributed by atoms with Gasteiger partial charge >= 0.3 is 5.97 Å². The van der Waals surface area contributed by atoms with Crippen LogP contribution in [0, 0.1) is 0 Å². The molecule has 1 unspecified atom stereocenters. The lowest BCUT2D eigenvalue weighted by Crippen LogP contribution is -2.22. The Morgan fingerprint density at radius 1 is 0.974 bits per heavy atom. The Kier molecular flexibility index (Phi) is 8.06. The molecule has 39 heavy (non-hydrogen) atoms. The summed E-state index contributed by atoms with van der Waals surface area (Å²) in [5, 5.41) is 3.25. The van der Waals surface area contributed by atoms with E-state index in [1.165, 1.54) is 0 Å². The quantitative estimate of drug-likeness (QED) is 0.142. The molecular weight excluding hydrogens is 521 g/mol. The molecule has 0 saturated heterocycles. The lowest BCUT2D eigenvalue weighted by molar-refractivity contribution is -0.145. The molecule has 0 aliphatic carbocycles. The van der Waals surface area contributed by atoms with Gasteiger partial charge in [0.15, 0.2) is 0 Å². The molecule has 0 saturated carbocycles. The number of fused-ring (bicyclic) bond motifs is 2. The number of nitrogens with zero attached hydrogens (tertiary/aromatic N) is 2. The minimum absolute atomic E-state index is 0.0436. The van der Waals surface area contributed by atoms with E-state index in [9.17, 15) is 4.79 Å². The van der Waals surface area contributed by atoms with E-state index in [1.54, 1.807) is 11.8 Å². The summed E-state index contributed by atoms with van der Waals surface area (Å²) in [5.74, 6) is -0.592. The van der Waals surface area contributed by atoms with Gasteiger partial charge in [-0.1, -0.05) is 87.1 Å². The van der Waals surface area contributed by atoms with Crippen LogP contribution in [-0.4, -0.2) is 26.9 Å². The molecule has 0 fully saturated rings. The first-order valence-corrected chi connectivity index (χ1v) is 14.9. The van der Waals surface area contributed by atoms with Crippen LogP contribution in [0.3, 0.4) is 0 Å². The second-order valence-corrected chi connectivity index (χ2v) is 13.5. The summed E-state index contributed by atoms with van der Waals surface area (Å²) in [6.07, 6.45) is 0.587. The summed E-state index contributed by atoms with van der Waals surface area (Å²) >= 11 is 3.48. The molecule has 0 aliphatic rings. The summed E-state index contributed by atoms with van der Waals surface area (Å²) in [5.41, 5.74) is 4.23. The van der Waals surface area contributed by atoms with Gasteiger partial charge in [-0.15, -0.1) is 11.8 Å². The van der Waals surface area contributed by atoms with E-state index in [1.807, 2.05) is 55.1 Å². The minimum Gasteiger partial charge on any atom is -0.465 e. The van der Waals surface area contributed by atoms with Crippen molar-refractivity contribution in [3.8, 4) is 0 Å². The van der Waals surface area contributed by atoms with Crippen LogP contribution in [0.25, 0.3) is 21.8 Å². The van der Waals surface area contributed by atoms with Gasteiger partial charge in [0.1, 0.15) is 10.9 Å². The number of hydrogen-bond donors (Lipinski definition) is 0. The van der Waals surface area contributed by atoms with Crippen molar-refractivity contribution in [2.45, 2.75) is 59.6 Å². The van der Waals surface area contributed by atoms with Crippen LogP contribution in [0.1, 0.15) is 44.9 Å².